The maximum atomic E-state index is 12.4. The van der Waals surface area contributed by atoms with Gasteiger partial charge in [0.05, 0.1) is 16.9 Å². The van der Waals surface area contributed by atoms with Gasteiger partial charge in [0, 0.05) is 12.6 Å². The van der Waals surface area contributed by atoms with E-state index >= 15 is 0 Å². The Kier molecular flexibility index (Phi) is 5.89. The first-order chi connectivity index (χ1) is 11.8. The lowest BCUT2D eigenvalue weighted by Crippen LogP contribution is -2.49. The van der Waals surface area contributed by atoms with E-state index in [1.165, 1.54) is 31.2 Å². The Labute approximate surface area is 145 Å². The quantitative estimate of drug-likeness (QED) is 0.735. The van der Waals surface area contributed by atoms with Gasteiger partial charge >= 0.3 is 0 Å². The van der Waals surface area contributed by atoms with Crippen LogP contribution in [0.2, 0.25) is 0 Å². The fourth-order valence-electron chi connectivity index (χ4n) is 2.20. The summed E-state index contributed by atoms with van der Waals surface area (Å²) in [5.41, 5.74) is 1.10. The number of hydrogen-bond acceptors (Lipinski definition) is 5. The fourth-order valence-corrected chi connectivity index (χ4v) is 3.38. The molecular weight excluding hydrogens is 344 g/mol. The van der Waals surface area contributed by atoms with Crippen LogP contribution in [-0.2, 0) is 26.0 Å². The molecule has 0 saturated heterocycles. The summed E-state index contributed by atoms with van der Waals surface area (Å²) in [6.45, 7) is 1.33. The molecule has 0 unspecified atom stereocenters. The summed E-state index contributed by atoms with van der Waals surface area (Å²) < 4.78 is 26.9. The molecular formula is C17H17N2O5S-. The average molecular weight is 361 g/mol. The molecule has 132 valence electrons. The first kappa shape index (κ1) is 18.6. The van der Waals surface area contributed by atoms with Crippen molar-refractivity contribution < 1.29 is 23.1 Å². The topological polar surface area (TPSA) is 115 Å². The third-order valence-corrected chi connectivity index (χ3v) is 4.84. The van der Waals surface area contributed by atoms with Gasteiger partial charge in [-0.05, 0) is 36.2 Å². The van der Waals surface area contributed by atoms with E-state index in [1.807, 2.05) is 0 Å². The number of carboxylic acids is 1. The summed E-state index contributed by atoms with van der Waals surface area (Å²) in [6, 6.07) is 12.6. The molecule has 25 heavy (non-hydrogen) atoms. The predicted octanol–water partition coefficient (Wildman–Crippen LogP) is 0.284. The molecule has 0 aromatic heterocycles. The molecule has 2 aromatic rings. The van der Waals surface area contributed by atoms with Crippen LogP contribution in [0.5, 0.6) is 0 Å². The monoisotopic (exact) mass is 361 g/mol. The highest BCUT2D eigenvalue weighted by molar-refractivity contribution is 7.89. The van der Waals surface area contributed by atoms with Gasteiger partial charge in [-0.1, -0.05) is 30.3 Å². The minimum Gasteiger partial charge on any atom is -0.548 e. The molecule has 0 radical (unpaired) electrons. The molecule has 0 aliphatic carbocycles. The smallest absolute Gasteiger partial charge is 0.241 e. The molecule has 2 rings (SSSR count). The highest BCUT2D eigenvalue weighted by atomic mass is 32.2. The van der Waals surface area contributed by atoms with E-state index in [1.54, 1.807) is 30.3 Å². The van der Waals surface area contributed by atoms with Crippen molar-refractivity contribution in [3.05, 3.63) is 60.2 Å². The van der Waals surface area contributed by atoms with Crippen molar-refractivity contribution in [2.45, 2.75) is 24.3 Å². The molecule has 0 saturated carbocycles. The lowest BCUT2D eigenvalue weighted by Gasteiger charge is -2.20. The largest absolute Gasteiger partial charge is 0.548 e. The van der Waals surface area contributed by atoms with Gasteiger partial charge in [0.15, 0.2) is 0 Å². The molecule has 0 bridgehead atoms. The Hall–Kier alpha value is -2.71. The molecule has 2 aromatic carbocycles. The SMILES string of the molecule is CC(=O)Nc1ccc(S(=O)(=O)N[C@@H](Cc2ccccc2)C(=O)[O-])cc1. The van der Waals surface area contributed by atoms with Gasteiger partial charge in [-0.15, -0.1) is 0 Å². The van der Waals surface area contributed by atoms with Crippen LogP contribution < -0.4 is 15.1 Å². The van der Waals surface area contributed by atoms with Crippen molar-refractivity contribution in [2.75, 3.05) is 5.32 Å². The van der Waals surface area contributed by atoms with Crippen LogP contribution in [0.1, 0.15) is 12.5 Å². The molecule has 7 nitrogen and oxygen atoms in total. The third kappa shape index (κ3) is 5.40. The van der Waals surface area contributed by atoms with E-state index in [4.69, 9.17) is 0 Å². The van der Waals surface area contributed by atoms with Gasteiger partial charge in [0.25, 0.3) is 0 Å². The van der Waals surface area contributed by atoms with Crippen LogP contribution in [-0.4, -0.2) is 26.3 Å². The second kappa shape index (κ2) is 7.91. The molecule has 2 N–H and O–H groups in total. The molecule has 0 aliphatic rings. The second-order valence-electron chi connectivity index (χ2n) is 5.39. The Morgan fingerprint density at radius 3 is 2.16 bits per heavy atom. The number of carbonyl (C=O) groups excluding carboxylic acids is 2. The third-order valence-electron chi connectivity index (χ3n) is 3.35. The average Bonchev–Trinajstić information content (AvgIpc) is 2.55. The number of rotatable bonds is 7. The van der Waals surface area contributed by atoms with E-state index in [0.29, 0.717) is 11.3 Å². The van der Waals surface area contributed by atoms with Crippen molar-refractivity contribution in [3.8, 4) is 0 Å². The zero-order valence-electron chi connectivity index (χ0n) is 13.4. The number of hydrogen-bond donors (Lipinski definition) is 2. The molecule has 0 spiro atoms. The van der Waals surface area contributed by atoms with Crippen molar-refractivity contribution in [1.29, 1.82) is 0 Å². The zero-order valence-corrected chi connectivity index (χ0v) is 14.2. The van der Waals surface area contributed by atoms with Crippen molar-refractivity contribution in [2.24, 2.45) is 0 Å². The second-order valence-corrected chi connectivity index (χ2v) is 7.10. The van der Waals surface area contributed by atoms with Gasteiger partial charge in [0.1, 0.15) is 0 Å². The number of benzene rings is 2. The lowest BCUT2D eigenvalue weighted by atomic mass is 10.1. The Morgan fingerprint density at radius 1 is 1.04 bits per heavy atom. The van der Waals surface area contributed by atoms with Crippen LogP contribution in [0.15, 0.2) is 59.5 Å². The summed E-state index contributed by atoms with van der Waals surface area (Å²) in [5.74, 6) is -1.80. The summed E-state index contributed by atoms with van der Waals surface area (Å²) >= 11 is 0. The number of amides is 1. The van der Waals surface area contributed by atoms with Crippen molar-refractivity contribution in [1.82, 2.24) is 4.72 Å². The first-order valence-electron chi connectivity index (χ1n) is 7.43. The van der Waals surface area contributed by atoms with Crippen LogP contribution in [0.4, 0.5) is 5.69 Å². The number of nitrogens with one attached hydrogen (secondary N) is 2. The Morgan fingerprint density at radius 2 is 1.64 bits per heavy atom. The zero-order chi connectivity index (χ0) is 18.4. The van der Waals surface area contributed by atoms with E-state index < -0.39 is 22.0 Å². The number of sulfonamides is 1. The lowest BCUT2D eigenvalue weighted by molar-refractivity contribution is -0.307. The highest BCUT2D eigenvalue weighted by Crippen LogP contribution is 2.15. The maximum Gasteiger partial charge on any atom is 0.241 e. The van der Waals surface area contributed by atoms with Crippen molar-refractivity contribution in [3.63, 3.8) is 0 Å². The molecule has 8 heteroatoms. The summed E-state index contributed by atoms with van der Waals surface area (Å²) in [4.78, 5) is 22.2. The van der Waals surface area contributed by atoms with E-state index in [9.17, 15) is 23.1 Å². The molecule has 1 amide bonds. The van der Waals surface area contributed by atoms with E-state index in [-0.39, 0.29) is 17.2 Å². The van der Waals surface area contributed by atoms with Crippen LogP contribution >= 0.6 is 0 Å². The summed E-state index contributed by atoms with van der Waals surface area (Å²) in [5, 5.41) is 13.8. The van der Waals surface area contributed by atoms with E-state index in [0.717, 1.165) is 0 Å². The number of carbonyl (C=O) groups is 2. The number of carboxylic acid groups (broad SMARTS) is 1. The molecule has 1 atom stereocenters. The minimum atomic E-state index is -4.05. The predicted molar refractivity (Wildman–Crippen MR) is 90.0 cm³/mol. The van der Waals surface area contributed by atoms with Crippen LogP contribution in [0, 0.1) is 0 Å². The normalized spacial score (nSPS) is 12.4. The maximum absolute atomic E-state index is 12.4. The van der Waals surface area contributed by atoms with Gasteiger partial charge in [-0.3, -0.25) is 4.79 Å². The summed E-state index contributed by atoms with van der Waals surface area (Å²) in [6.07, 6.45) is -0.0353. The minimum absolute atomic E-state index is 0.0353. The van der Waals surface area contributed by atoms with Gasteiger partial charge in [-0.2, -0.15) is 0 Å². The first-order valence-corrected chi connectivity index (χ1v) is 8.91. The number of anilines is 1. The molecule has 0 heterocycles. The van der Waals surface area contributed by atoms with Crippen LogP contribution in [0.3, 0.4) is 0 Å². The van der Waals surface area contributed by atoms with Crippen molar-refractivity contribution >= 4 is 27.6 Å². The Bertz CT molecular complexity index is 848. The van der Waals surface area contributed by atoms with Gasteiger partial charge in [-0.25, -0.2) is 13.1 Å². The number of aliphatic carboxylic acids is 1. The van der Waals surface area contributed by atoms with E-state index in [2.05, 4.69) is 10.0 Å². The van der Waals surface area contributed by atoms with Gasteiger partial charge in [0.2, 0.25) is 15.9 Å². The highest BCUT2D eigenvalue weighted by Gasteiger charge is 2.21. The standard InChI is InChI=1S/C17H18N2O5S/c1-12(20)18-14-7-9-15(10-8-14)25(23,24)19-16(17(21)22)11-13-5-3-2-4-6-13/h2-10,16,19H,11H2,1H3,(H,18,20)(H,21,22)/p-1/t16-/m0/s1. The molecule has 0 fully saturated rings. The summed E-state index contributed by atoms with van der Waals surface area (Å²) in [7, 11) is -4.05. The van der Waals surface area contributed by atoms with Crippen LogP contribution in [0.25, 0.3) is 0 Å². The molecule has 0 aliphatic heterocycles. The van der Waals surface area contributed by atoms with Gasteiger partial charge < -0.3 is 15.2 Å². The fraction of sp³-hybridized carbons (Fsp3) is 0.176. The Balaban J connectivity index is 2.16.